The minimum absolute atomic E-state index is 0.0552. The van der Waals surface area contributed by atoms with Gasteiger partial charge in [-0.15, -0.1) is 11.3 Å². The SMILES string of the molecule is O=C(COc1ccsc1)Oc1cccc2c1CCC2. The van der Waals surface area contributed by atoms with Gasteiger partial charge in [-0.2, -0.15) is 0 Å². The van der Waals surface area contributed by atoms with Crippen molar-refractivity contribution in [3.8, 4) is 11.5 Å². The quantitative estimate of drug-likeness (QED) is 0.634. The van der Waals surface area contributed by atoms with Crippen molar-refractivity contribution < 1.29 is 14.3 Å². The Morgan fingerprint density at radius 2 is 2.21 bits per heavy atom. The monoisotopic (exact) mass is 274 g/mol. The van der Waals surface area contributed by atoms with Crippen LogP contribution in [0.3, 0.4) is 0 Å². The summed E-state index contributed by atoms with van der Waals surface area (Å²) < 4.78 is 10.7. The van der Waals surface area contributed by atoms with Crippen LogP contribution in [-0.2, 0) is 17.6 Å². The van der Waals surface area contributed by atoms with Crippen LogP contribution in [0, 0.1) is 0 Å². The molecular weight excluding hydrogens is 260 g/mol. The summed E-state index contributed by atoms with van der Waals surface area (Å²) in [5, 5.41) is 3.76. The van der Waals surface area contributed by atoms with E-state index >= 15 is 0 Å². The normalized spacial score (nSPS) is 13.1. The topological polar surface area (TPSA) is 35.5 Å². The maximum Gasteiger partial charge on any atom is 0.349 e. The van der Waals surface area contributed by atoms with Gasteiger partial charge in [-0.05, 0) is 47.9 Å². The molecule has 0 spiro atoms. The van der Waals surface area contributed by atoms with Crippen LogP contribution >= 0.6 is 11.3 Å². The number of carbonyl (C=O) groups excluding carboxylic acids is 1. The average Bonchev–Trinajstić information content (AvgIpc) is 3.08. The highest BCUT2D eigenvalue weighted by Gasteiger charge is 2.17. The molecule has 0 bridgehead atoms. The highest BCUT2D eigenvalue weighted by molar-refractivity contribution is 7.08. The molecule has 0 saturated carbocycles. The van der Waals surface area contributed by atoms with Gasteiger partial charge in [0.2, 0.25) is 0 Å². The molecule has 3 rings (SSSR count). The van der Waals surface area contributed by atoms with Crippen molar-refractivity contribution in [2.45, 2.75) is 19.3 Å². The van der Waals surface area contributed by atoms with Crippen LogP contribution in [0.2, 0.25) is 0 Å². The number of fused-ring (bicyclic) bond motifs is 1. The van der Waals surface area contributed by atoms with Crippen LogP contribution in [0.1, 0.15) is 17.5 Å². The first-order chi connectivity index (χ1) is 9.33. The zero-order chi connectivity index (χ0) is 13.1. The molecule has 1 aromatic carbocycles. The number of thiophene rings is 1. The van der Waals surface area contributed by atoms with E-state index in [-0.39, 0.29) is 12.6 Å². The first-order valence-corrected chi connectivity index (χ1v) is 7.23. The molecule has 2 aromatic rings. The molecule has 98 valence electrons. The second kappa shape index (κ2) is 5.45. The molecule has 19 heavy (non-hydrogen) atoms. The van der Waals surface area contributed by atoms with Crippen LogP contribution in [-0.4, -0.2) is 12.6 Å². The third-order valence-corrected chi connectivity index (χ3v) is 3.84. The van der Waals surface area contributed by atoms with Crippen molar-refractivity contribution in [1.82, 2.24) is 0 Å². The van der Waals surface area contributed by atoms with Gasteiger partial charge in [-0.25, -0.2) is 4.79 Å². The predicted molar refractivity (Wildman–Crippen MR) is 73.9 cm³/mol. The Labute approximate surface area is 115 Å². The molecule has 0 fully saturated rings. The summed E-state index contributed by atoms with van der Waals surface area (Å²) in [4.78, 5) is 11.8. The zero-order valence-corrected chi connectivity index (χ0v) is 11.2. The summed E-state index contributed by atoms with van der Waals surface area (Å²) >= 11 is 1.53. The Bertz CT molecular complexity index is 575. The Hall–Kier alpha value is -1.81. The Kier molecular flexibility index (Phi) is 3.51. The number of ether oxygens (including phenoxy) is 2. The summed E-state index contributed by atoms with van der Waals surface area (Å²) in [6.45, 7) is -0.0552. The van der Waals surface area contributed by atoms with E-state index in [1.165, 1.54) is 22.5 Å². The largest absolute Gasteiger partial charge is 0.481 e. The molecule has 0 amide bonds. The van der Waals surface area contributed by atoms with Crippen molar-refractivity contribution >= 4 is 17.3 Å². The van der Waals surface area contributed by atoms with Crippen molar-refractivity contribution in [3.05, 3.63) is 46.2 Å². The zero-order valence-electron chi connectivity index (χ0n) is 10.4. The van der Waals surface area contributed by atoms with Gasteiger partial charge in [0.25, 0.3) is 0 Å². The van der Waals surface area contributed by atoms with E-state index in [9.17, 15) is 4.79 Å². The van der Waals surface area contributed by atoms with Gasteiger partial charge in [-0.3, -0.25) is 0 Å². The van der Waals surface area contributed by atoms with Crippen LogP contribution in [0.5, 0.6) is 11.5 Å². The van der Waals surface area contributed by atoms with E-state index in [0.717, 1.165) is 19.3 Å². The fourth-order valence-corrected chi connectivity index (χ4v) is 2.88. The van der Waals surface area contributed by atoms with Crippen molar-refractivity contribution in [1.29, 1.82) is 0 Å². The Balaban J connectivity index is 1.62. The van der Waals surface area contributed by atoms with Gasteiger partial charge in [-0.1, -0.05) is 12.1 Å². The van der Waals surface area contributed by atoms with E-state index in [4.69, 9.17) is 9.47 Å². The third-order valence-electron chi connectivity index (χ3n) is 3.18. The number of rotatable bonds is 4. The molecule has 0 saturated heterocycles. The second-order valence-electron chi connectivity index (χ2n) is 4.47. The van der Waals surface area contributed by atoms with Crippen LogP contribution in [0.15, 0.2) is 35.0 Å². The number of hydrogen-bond donors (Lipinski definition) is 0. The molecule has 1 aromatic heterocycles. The summed E-state index contributed by atoms with van der Waals surface area (Å²) in [6, 6.07) is 7.72. The summed E-state index contributed by atoms with van der Waals surface area (Å²) in [6.07, 6.45) is 3.20. The van der Waals surface area contributed by atoms with Gasteiger partial charge in [0.15, 0.2) is 6.61 Å². The molecule has 0 aliphatic heterocycles. The standard InChI is InChI=1S/C15H14O3S/c16-15(9-17-12-7-8-19-10-12)18-14-6-2-4-11-3-1-5-13(11)14/h2,4,6-8,10H,1,3,5,9H2. The number of benzene rings is 1. The second-order valence-corrected chi connectivity index (χ2v) is 5.25. The number of esters is 1. The molecule has 4 heteroatoms. The Morgan fingerprint density at radius 1 is 1.26 bits per heavy atom. The lowest BCUT2D eigenvalue weighted by Crippen LogP contribution is -2.18. The van der Waals surface area contributed by atoms with Crippen LogP contribution in [0.25, 0.3) is 0 Å². The molecule has 0 radical (unpaired) electrons. The van der Waals surface area contributed by atoms with E-state index < -0.39 is 0 Å². The van der Waals surface area contributed by atoms with Crippen LogP contribution < -0.4 is 9.47 Å². The molecule has 3 nitrogen and oxygen atoms in total. The van der Waals surface area contributed by atoms with Crippen molar-refractivity contribution in [2.75, 3.05) is 6.61 Å². The highest BCUT2D eigenvalue weighted by Crippen LogP contribution is 2.30. The van der Waals surface area contributed by atoms with Gasteiger partial charge < -0.3 is 9.47 Å². The van der Waals surface area contributed by atoms with E-state index in [2.05, 4.69) is 6.07 Å². The molecule has 1 heterocycles. The molecular formula is C15H14O3S. The fraction of sp³-hybridized carbons (Fsp3) is 0.267. The summed E-state index contributed by atoms with van der Waals surface area (Å²) in [5.74, 6) is 1.04. The van der Waals surface area contributed by atoms with Crippen LogP contribution in [0.4, 0.5) is 0 Å². The number of carbonyl (C=O) groups is 1. The lowest BCUT2D eigenvalue weighted by molar-refractivity contribution is -0.136. The molecule has 1 aliphatic rings. The fourth-order valence-electron chi connectivity index (χ4n) is 2.31. The number of aryl methyl sites for hydroxylation is 1. The molecule has 0 N–H and O–H groups in total. The maximum absolute atomic E-state index is 11.8. The minimum atomic E-state index is -0.355. The van der Waals surface area contributed by atoms with E-state index in [1.54, 1.807) is 0 Å². The van der Waals surface area contributed by atoms with Gasteiger partial charge in [0.1, 0.15) is 11.5 Å². The van der Waals surface area contributed by atoms with Crippen molar-refractivity contribution in [2.24, 2.45) is 0 Å². The van der Waals surface area contributed by atoms with Gasteiger partial charge in [0.05, 0.1) is 0 Å². The molecule has 1 aliphatic carbocycles. The lowest BCUT2D eigenvalue weighted by atomic mass is 10.1. The lowest BCUT2D eigenvalue weighted by Gasteiger charge is -2.09. The number of hydrogen-bond acceptors (Lipinski definition) is 4. The molecule has 0 atom stereocenters. The minimum Gasteiger partial charge on any atom is -0.481 e. The van der Waals surface area contributed by atoms with Gasteiger partial charge >= 0.3 is 5.97 Å². The van der Waals surface area contributed by atoms with E-state index in [1.807, 2.05) is 29.0 Å². The average molecular weight is 274 g/mol. The summed E-state index contributed by atoms with van der Waals surface area (Å²) in [7, 11) is 0. The Morgan fingerprint density at radius 3 is 3.05 bits per heavy atom. The third kappa shape index (κ3) is 2.79. The smallest absolute Gasteiger partial charge is 0.349 e. The first-order valence-electron chi connectivity index (χ1n) is 6.29. The maximum atomic E-state index is 11.8. The highest BCUT2D eigenvalue weighted by atomic mass is 32.1. The molecule has 0 unspecified atom stereocenters. The van der Waals surface area contributed by atoms with Gasteiger partial charge in [0, 0.05) is 5.38 Å². The summed E-state index contributed by atoms with van der Waals surface area (Å²) in [5.41, 5.74) is 2.47. The van der Waals surface area contributed by atoms with Crippen molar-refractivity contribution in [3.63, 3.8) is 0 Å². The predicted octanol–water partition coefficient (Wildman–Crippen LogP) is 3.22. The first kappa shape index (κ1) is 12.2. The van der Waals surface area contributed by atoms with E-state index in [0.29, 0.717) is 11.5 Å².